The molecule has 0 saturated heterocycles. The normalized spacial score (nSPS) is 11.4. The Morgan fingerprint density at radius 2 is 1.72 bits per heavy atom. The number of para-hydroxylation sites is 1. The lowest BCUT2D eigenvalue weighted by Crippen LogP contribution is -2.13. The highest BCUT2D eigenvalue weighted by Crippen LogP contribution is 2.33. The molecular weight excluding hydrogens is 250 g/mol. The Bertz CT molecular complexity index is 693. The average Bonchev–Trinajstić information content (AvgIpc) is 2.27. The highest BCUT2D eigenvalue weighted by molar-refractivity contribution is 7.89. The lowest BCUT2D eigenvalue weighted by atomic mass is 10.0. The first-order valence-electron chi connectivity index (χ1n) is 5.31. The van der Waals surface area contributed by atoms with E-state index in [-0.39, 0.29) is 10.6 Å². The topological polar surface area (TPSA) is 80.4 Å². The summed E-state index contributed by atoms with van der Waals surface area (Å²) in [4.78, 5) is 0.00889. The molecule has 5 heteroatoms. The van der Waals surface area contributed by atoms with Crippen molar-refractivity contribution >= 4 is 10.0 Å². The van der Waals surface area contributed by atoms with E-state index in [1.165, 1.54) is 12.1 Å². The van der Waals surface area contributed by atoms with Gasteiger partial charge in [0.1, 0.15) is 5.75 Å². The summed E-state index contributed by atoms with van der Waals surface area (Å²) in [7, 11) is -3.83. The zero-order valence-electron chi connectivity index (χ0n) is 9.79. The number of rotatable bonds is 2. The number of primary sulfonamides is 1. The van der Waals surface area contributed by atoms with Gasteiger partial charge in [-0.15, -0.1) is 0 Å². The smallest absolute Gasteiger partial charge is 0.238 e. The predicted molar refractivity (Wildman–Crippen MR) is 69.7 cm³/mol. The van der Waals surface area contributed by atoms with Gasteiger partial charge in [-0.1, -0.05) is 29.8 Å². The molecule has 0 unspecified atom stereocenters. The fourth-order valence-electron chi connectivity index (χ4n) is 1.80. The van der Waals surface area contributed by atoms with E-state index < -0.39 is 10.0 Å². The summed E-state index contributed by atoms with van der Waals surface area (Å²) in [6.45, 7) is 1.84. The van der Waals surface area contributed by atoms with Gasteiger partial charge in [-0.25, -0.2) is 13.6 Å². The molecule has 2 rings (SSSR count). The van der Waals surface area contributed by atoms with Crippen molar-refractivity contribution in [1.82, 2.24) is 0 Å². The van der Waals surface area contributed by atoms with Crippen molar-refractivity contribution in [1.29, 1.82) is 0 Å². The van der Waals surface area contributed by atoms with E-state index in [4.69, 9.17) is 5.14 Å². The molecule has 4 nitrogen and oxygen atoms in total. The number of phenols is 1. The minimum atomic E-state index is -3.83. The lowest BCUT2D eigenvalue weighted by Gasteiger charge is -2.10. The molecule has 0 aliphatic heterocycles. The molecule has 0 aliphatic rings. The van der Waals surface area contributed by atoms with Crippen LogP contribution in [0.5, 0.6) is 5.75 Å². The molecule has 2 aromatic rings. The maximum atomic E-state index is 11.5. The summed E-state index contributed by atoms with van der Waals surface area (Å²) in [5.41, 5.74) is 1.75. The van der Waals surface area contributed by atoms with Gasteiger partial charge in [0.2, 0.25) is 10.0 Å². The van der Waals surface area contributed by atoms with E-state index in [0.717, 1.165) is 5.56 Å². The fraction of sp³-hybridized carbons (Fsp3) is 0.0769. The third-order valence-electron chi connectivity index (χ3n) is 2.64. The molecule has 18 heavy (non-hydrogen) atoms. The van der Waals surface area contributed by atoms with Crippen LogP contribution in [0.15, 0.2) is 47.4 Å². The van der Waals surface area contributed by atoms with Gasteiger partial charge >= 0.3 is 0 Å². The minimum absolute atomic E-state index is 0.00889. The maximum Gasteiger partial charge on any atom is 0.238 e. The standard InChI is InChI=1S/C13H13NO3S/c1-9-6-7-13(18(14,16)17)11(8-9)10-4-2-3-5-12(10)15/h2-8,15H,1H3,(H2,14,16,17). The Morgan fingerprint density at radius 1 is 1.06 bits per heavy atom. The largest absolute Gasteiger partial charge is 0.507 e. The number of phenolic OH excluding ortho intramolecular Hbond substituents is 1. The molecule has 0 heterocycles. The van der Waals surface area contributed by atoms with Crippen molar-refractivity contribution in [3.8, 4) is 16.9 Å². The Hall–Kier alpha value is -1.85. The lowest BCUT2D eigenvalue weighted by molar-refractivity contribution is 0.477. The van der Waals surface area contributed by atoms with E-state index in [1.807, 2.05) is 6.92 Å². The first-order valence-corrected chi connectivity index (χ1v) is 6.86. The highest BCUT2D eigenvalue weighted by atomic mass is 32.2. The second kappa shape index (κ2) is 4.44. The summed E-state index contributed by atoms with van der Waals surface area (Å²) in [5, 5.41) is 15.0. The van der Waals surface area contributed by atoms with E-state index in [1.54, 1.807) is 30.3 Å². The van der Waals surface area contributed by atoms with Crippen molar-refractivity contribution in [2.45, 2.75) is 11.8 Å². The van der Waals surface area contributed by atoms with E-state index in [2.05, 4.69) is 0 Å². The Morgan fingerprint density at radius 3 is 2.33 bits per heavy atom. The molecule has 0 spiro atoms. The van der Waals surface area contributed by atoms with Gasteiger partial charge in [0.25, 0.3) is 0 Å². The van der Waals surface area contributed by atoms with Crippen LogP contribution in [0.3, 0.4) is 0 Å². The first-order chi connectivity index (χ1) is 8.39. The highest BCUT2D eigenvalue weighted by Gasteiger charge is 2.17. The second-order valence-corrected chi connectivity index (χ2v) is 5.59. The fourth-order valence-corrected chi connectivity index (χ4v) is 2.54. The van der Waals surface area contributed by atoms with Crippen molar-refractivity contribution in [2.24, 2.45) is 5.14 Å². The van der Waals surface area contributed by atoms with Gasteiger partial charge in [-0.05, 0) is 25.1 Å². The zero-order chi connectivity index (χ0) is 13.3. The Kier molecular flexibility index (Phi) is 3.11. The van der Waals surface area contributed by atoms with Crippen molar-refractivity contribution in [3.63, 3.8) is 0 Å². The van der Waals surface area contributed by atoms with Crippen molar-refractivity contribution in [2.75, 3.05) is 0 Å². The third-order valence-corrected chi connectivity index (χ3v) is 3.60. The van der Waals surface area contributed by atoms with Crippen molar-refractivity contribution < 1.29 is 13.5 Å². The van der Waals surface area contributed by atoms with E-state index in [0.29, 0.717) is 11.1 Å². The predicted octanol–water partition coefficient (Wildman–Crippen LogP) is 2.02. The van der Waals surface area contributed by atoms with E-state index in [9.17, 15) is 13.5 Å². The van der Waals surface area contributed by atoms with Crippen LogP contribution in [0.4, 0.5) is 0 Å². The molecule has 0 saturated carbocycles. The summed E-state index contributed by atoms with van der Waals surface area (Å²) in [5.74, 6) is 0.0213. The third kappa shape index (κ3) is 2.37. The first kappa shape index (κ1) is 12.6. The summed E-state index contributed by atoms with van der Waals surface area (Å²) in [6.07, 6.45) is 0. The van der Waals surface area contributed by atoms with Crippen LogP contribution in [0.1, 0.15) is 5.56 Å². The SMILES string of the molecule is Cc1ccc(S(N)(=O)=O)c(-c2ccccc2O)c1. The number of hydrogen-bond acceptors (Lipinski definition) is 3. The molecule has 0 radical (unpaired) electrons. The van der Waals surface area contributed by atoms with Gasteiger partial charge in [0, 0.05) is 11.1 Å². The van der Waals surface area contributed by atoms with Crippen molar-refractivity contribution in [3.05, 3.63) is 48.0 Å². The van der Waals surface area contributed by atoms with E-state index >= 15 is 0 Å². The summed E-state index contributed by atoms with van der Waals surface area (Å²) >= 11 is 0. The number of aromatic hydroxyl groups is 1. The number of hydrogen-bond donors (Lipinski definition) is 2. The molecule has 0 aliphatic carbocycles. The number of aryl methyl sites for hydroxylation is 1. The molecule has 0 atom stereocenters. The molecule has 94 valence electrons. The van der Waals surface area contributed by atoms with Gasteiger partial charge in [-0.3, -0.25) is 0 Å². The molecule has 0 amide bonds. The van der Waals surface area contributed by atoms with Crippen LogP contribution in [-0.4, -0.2) is 13.5 Å². The molecule has 0 fully saturated rings. The van der Waals surface area contributed by atoms with Crippen LogP contribution in [0.25, 0.3) is 11.1 Å². The average molecular weight is 263 g/mol. The second-order valence-electron chi connectivity index (χ2n) is 4.06. The molecule has 3 N–H and O–H groups in total. The summed E-state index contributed by atoms with van der Waals surface area (Å²) < 4.78 is 23.1. The monoisotopic (exact) mass is 263 g/mol. The quantitative estimate of drug-likeness (QED) is 0.869. The van der Waals surface area contributed by atoms with Gasteiger partial charge in [0.05, 0.1) is 4.90 Å². The number of nitrogens with two attached hydrogens (primary N) is 1. The van der Waals surface area contributed by atoms with Gasteiger partial charge < -0.3 is 5.11 Å². The molecule has 0 bridgehead atoms. The van der Waals surface area contributed by atoms with Crippen LogP contribution in [0.2, 0.25) is 0 Å². The van der Waals surface area contributed by atoms with Crippen LogP contribution in [-0.2, 0) is 10.0 Å². The number of benzene rings is 2. The molecule has 0 aromatic heterocycles. The number of sulfonamides is 1. The summed E-state index contributed by atoms with van der Waals surface area (Å²) in [6, 6.07) is 11.4. The van der Waals surface area contributed by atoms with Crippen LogP contribution >= 0.6 is 0 Å². The minimum Gasteiger partial charge on any atom is -0.507 e. The van der Waals surface area contributed by atoms with Gasteiger partial charge in [0.15, 0.2) is 0 Å². The van der Waals surface area contributed by atoms with Crippen LogP contribution in [0, 0.1) is 6.92 Å². The molecule has 2 aromatic carbocycles. The molecular formula is C13H13NO3S. The van der Waals surface area contributed by atoms with Gasteiger partial charge in [-0.2, -0.15) is 0 Å². The Labute approximate surface area is 106 Å². The zero-order valence-corrected chi connectivity index (χ0v) is 10.6. The maximum absolute atomic E-state index is 11.5. The van der Waals surface area contributed by atoms with Crippen LogP contribution < -0.4 is 5.14 Å². The Balaban J connectivity index is 2.79.